The molecule has 0 heterocycles. The second kappa shape index (κ2) is 6.01. The van der Waals surface area contributed by atoms with Crippen LogP contribution >= 0.6 is 0 Å². The zero-order chi connectivity index (χ0) is 18.7. The van der Waals surface area contributed by atoms with Crippen LogP contribution in [0, 0.1) is 34.5 Å². The van der Waals surface area contributed by atoms with Gasteiger partial charge in [0.15, 0.2) is 11.6 Å². The van der Waals surface area contributed by atoms with Crippen molar-refractivity contribution >= 4 is 17.5 Å². The number of carbonyl (C=O) groups excluding carboxylic acids is 2. The number of rotatable bonds is 3. The normalized spacial score (nSPS) is 44.5. The van der Waals surface area contributed by atoms with Crippen molar-refractivity contribution in [3.63, 3.8) is 0 Å². The lowest BCUT2D eigenvalue weighted by molar-refractivity contribution is -0.160. The summed E-state index contributed by atoms with van der Waals surface area (Å²) in [6, 6.07) is 0. The molecule has 4 aliphatic rings. The van der Waals surface area contributed by atoms with Gasteiger partial charge < -0.3 is 10.2 Å². The fourth-order valence-corrected chi connectivity index (χ4v) is 7.26. The van der Waals surface area contributed by atoms with Gasteiger partial charge in [-0.3, -0.25) is 14.4 Å². The molecule has 5 nitrogen and oxygen atoms in total. The van der Waals surface area contributed by atoms with Crippen LogP contribution in [0.2, 0.25) is 0 Å². The summed E-state index contributed by atoms with van der Waals surface area (Å²) in [5.41, 5.74) is -0.157. The number of aliphatic hydroxyl groups is 1. The number of Topliss-reactive ketones (excluding diaryl/α,β-unsaturated/α-hetero) is 1. The molecular weight excluding hydrogens is 332 g/mol. The molecule has 0 aromatic rings. The Hall–Kier alpha value is -1.49. The molecule has 4 rings (SSSR count). The summed E-state index contributed by atoms with van der Waals surface area (Å²) < 4.78 is 0. The molecule has 3 fully saturated rings. The minimum Gasteiger partial charge on any atom is -0.481 e. The fourth-order valence-electron chi connectivity index (χ4n) is 7.26. The first-order valence-corrected chi connectivity index (χ1v) is 9.95. The summed E-state index contributed by atoms with van der Waals surface area (Å²) in [5, 5.41) is 19.6. The van der Waals surface area contributed by atoms with Crippen molar-refractivity contribution in [2.45, 2.75) is 58.3 Å². The lowest BCUT2D eigenvalue weighted by atomic mass is 9.46. The minimum atomic E-state index is -0.878. The summed E-state index contributed by atoms with van der Waals surface area (Å²) in [7, 11) is 0. The van der Waals surface area contributed by atoms with E-state index in [0.717, 1.165) is 37.7 Å². The highest BCUT2D eigenvalue weighted by molar-refractivity contribution is 5.95. The van der Waals surface area contributed by atoms with Crippen LogP contribution in [0.1, 0.15) is 58.3 Å². The third kappa shape index (κ3) is 2.22. The van der Waals surface area contributed by atoms with Gasteiger partial charge in [0.25, 0.3) is 0 Å². The average Bonchev–Trinajstić information content (AvgIpc) is 2.97. The van der Waals surface area contributed by atoms with Gasteiger partial charge in [-0.2, -0.15) is 0 Å². The van der Waals surface area contributed by atoms with E-state index in [-0.39, 0.29) is 28.8 Å². The van der Waals surface area contributed by atoms with Crippen LogP contribution in [-0.4, -0.2) is 34.4 Å². The monoisotopic (exact) mass is 360 g/mol. The van der Waals surface area contributed by atoms with E-state index in [1.807, 2.05) is 0 Å². The van der Waals surface area contributed by atoms with Crippen LogP contribution in [-0.2, 0) is 14.4 Å². The Balaban J connectivity index is 1.71. The van der Waals surface area contributed by atoms with E-state index >= 15 is 0 Å². The Kier molecular flexibility index (Phi) is 4.14. The molecule has 4 aliphatic carbocycles. The first-order valence-electron chi connectivity index (χ1n) is 9.95. The molecule has 0 spiro atoms. The van der Waals surface area contributed by atoms with Crippen molar-refractivity contribution in [3.05, 3.63) is 11.6 Å². The first kappa shape index (κ1) is 17.9. The van der Waals surface area contributed by atoms with Gasteiger partial charge in [0, 0.05) is 12.3 Å². The molecule has 0 aromatic carbocycles. The number of aliphatic hydroxyl groups excluding tert-OH is 1. The van der Waals surface area contributed by atoms with Crippen LogP contribution < -0.4 is 0 Å². The number of carbonyl (C=O) groups is 3. The zero-order valence-corrected chi connectivity index (χ0v) is 15.4. The van der Waals surface area contributed by atoms with Gasteiger partial charge in [-0.05, 0) is 79.8 Å². The summed E-state index contributed by atoms with van der Waals surface area (Å²) in [6.07, 6.45) is 7.37. The largest absolute Gasteiger partial charge is 0.481 e. The standard InChI is InChI=1S/C21H28O5/c1-20-8-7-16-14(15(20)4-5-17(20)18(24)11-22)3-2-12-10-13(23)6-9-21(12,16)19(25)26/h10,14-17,22H,2-9,11H2,1H3,(H,25,26). The molecular formula is C21H28O5. The van der Waals surface area contributed by atoms with E-state index in [9.17, 15) is 24.6 Å². The van der Waals surface area contributed by atoms with Crippen LogP contribution in [0.25, 0.3) is 0 Å². The van der Waals surface area contributed by atoms with Gasteiger partial charge >= 0.3 is 5.97 Å². The second-order valence-corrected chi connectivity index (χ2v) is 9.13. The molecule has 26 heavy (non-hydrogen) atoms. The molecule has 0 saturated heterocycles. The third-order valence-corrected chi connectivity index (χ3v) is 8.42. The van der Waals surface area contributed by atoms with Gasteiger partial charge in [-0.25, -0.2) is 0 Å². The number of carboxylic acids is 1. The predicted molar refractivity (Wildman–Crippen MR) is 94.3 cm³/mol. The fraction of sp³-hybridized carbons (Fsp3) is 0.762. The molecule has 142 valence electrons. The molecule has 2 N–H and O–H groups in total. The lowest BCUT2D eigenvalue weighted by Gasteiger charge is -2.57. The molecule has 0 radical (unpaired) electrons. The maximum Gasteiger partial charge on any atom is 0.314 e. The third-order valence-electron chi connectivity index (χ3n) is 8.42. The van der Waals surface area contributed by atoms with Crippen molar-refractivity contribution in [3.8, 4) is 0 Å². The Labute approximate surface area is 153 Å². The van der Waals surface area contributed by atoms with Crippen LogP contribution in [0.5, 0.6) is 0 Å². The van der Waals surface area contributed by atoms with Gasteiger partial charge in [-0.1, -0.05) is 6.92 Å². The Bertz CT molecular complexity index is 695. The topological polar surface area (TPSA) is 91.7 Å². The summed E-state index contributed by atoms with van der Waals surface area (Å²) in [4.78, 5) is 36.6. The lowest BCUT2D eigenvalue weighted by Crippen LogP contribution is -2.55. The van der Waals surface area contributed by atoms with Crippen LogP contribution in [0.3, 0.4) is 0 Å². The van der Waals surface area contributed by atoms with Crippen molar-refractivity contribution in [2.75, 3.05) is 6.61 Å². The number of ketones is 2. The summed E-state index contributed by atoms with van der Waals surface area (Å²) in [5.74, 6) is -0.149. The predicted octanol–water partition coefficient (Wildman–Crippen LogP) is 2.76. The highest BCUT2D eigenvalue weighted by Crippen LogP contribution is 2.66. The Morgan fingerprint density at radius 1 is 1.12 bits per heavy atom. The van der Waals surface area contributed by atoms with E-state index < -0.39 is 18.0 Å². The summed E-state index contributed by atoms with van der Waals surface area (Å²) >= 11 is 0. The SMILES string of the molecule is CC12CCC3C(CCC4=CC(=O)CCC43C(=O)O)C1CCC2C(=O)CO. The van der Waals surface area contributed by atoms with Gasteiger partial charge in [-0.15, -0.1) is 0 Å². The number of hydrogen-bond donors (Lipinski definition) is 2. The smallest absolute Gasteiger partial charge is 0.314 e. The number of carboxylic acid groups (broad SMARTS) is 1. The average molecular weight is 360 g/mol. The van der Waals surface area contributed by atoms with Crippen molar-refractivity contribution in [1.82, 2.24) is 0 Å². The zero-order valence-electron chi connectivity index (χ0n) is 15.4. The molecule has 6 atom stereocenters. The molecule has 5 heteroatoms. The van der Waals surface area contributed by atoms with Crippen LogP contribution in [0.15, 0.2) is 11.6 Å². The van der Waals surface area contributed by atoms with Gasteiger partial charge in [0.05, 0.1) is 5.41 Å². The van der Waals surface area contributed by atoms with Gasteiger partial charge in [0.1, 0.15) is 6.61 Å². The molecule has 0 bridgehead atoms. The quantitative estimate of drug-likeness (QED) is 0.807. The van der Waals surface area contributed by atoms with E-state index in [2.05, 4.69) is 6.92 Å². The molecule has 0 amide bonds. The van der Waals surface area contributed by atoms with Crippen molar-refractivity contribution in [1.29, 1.82) is 0 Å². The van der Waals surface area contributed by atoms with E-state index in [4.69, 9.17) is 0 Å². The van der Waals surface area contributed by atoms with E-state index in [0.29, 0.717) is 31.1 Å². The van der Waals surface area contributed by atoms with Crippen molar-refractivity contribution in [2.24, 2.45) is 34.5 Å². The Morgan fingerprint density at radius 2 is 1.88 bits per heavy atom. The number of aliphatic carboxylic acids is 1. The highest BCUT2D eigenvalue weighted by Gasteiger charge is 2.63. The summed E-state index contributed by atoms with van der Waals surface area (Å²) in [6.45, 7) is 1.79. The number of fused-ring (bicyclic) bond motifs is 5. The molecule has 3 saturated carbocycles. The van der Waals surface area contributed by atoms with E-state index in [1.54, 1.807) is 6.08 Å². The van der Waals surface area contributed by atoms with E-state index in [1.165, 1.54) is 0 Å². The first-order chi connectivity index (χ1) is 12.3. The van der Waals surface area contributed by atoms with Crippen molar-refractivity contribution < 1.29 is 24.6 Å². The molecule has 0 aliphatic heterocycles. The second-order valence-electron chi connectivity index (χ2n) is 9.13. The molecule has 6 unspecified atom stereocenters. The van der Waals surface area contributed by atoms with Crippen LogP contribution in [0.4, 0.5) is 0 Å². The molecule has 0 aromatic heterocycles. The Morgan fingerprint density at radius 3 is 2.58 bits per heavy atom. The minimum absolute atomic E-state index is 0.0546. The highest BCUT2D eigenvalue weighted by atomic mass is 16.4. The van der Waals surface area contributed by atoms with Gasteiger partial charge in [0.2, 0.25) is 0 Å². The number of hydrogen-bond acceptors (Lipinski definition) is 4. The maximum atomic E-state index is 12.4. The maximum absolute atomic E-state index is 12.4.